The highest BCUT2D eigenvalue weighted by atomic mass is 16.1. The van der Waals surface area contributed by atoms with Gasteiger partial charge in [-0.15, -0.1) is 0 Å². The lowest BCUT2D eigenvalue weighted by molar-refractivity contribution is 0.0994. The molecular formula is C20H20N2O. The second-order valence-electron chi connectivity index (χ2n) is 5.84. The standard InChI is InChI=1S/C13H12N2O.C7H8/c1-9-7-15(8-14-9)11-3-4-12-10(6-11)2-5-13(12)16;1-7-5-3-2-4-6-7/h3-4,6-8H,2,5H2,1H3;2-6H,1H3. The summed E-state index contributed by atoms with van der Waals surface area (Å²) in [6.07, 6.45) is 5.31. The third kappa shape index (κ3) is 3.57. The van der Waals surface area contributed by atoms with Crippen LogP contribution in [0, 0.1) is 13.8 Å². The number of nitrogens with zero attached hydrogens (tertiary/aromatic N) is 2. The SMILES string of the molecule is Cc1ccccc1.Cc1cn(-c2ccc3c(c2)CCC3=O)cn1. The summed E-state index contributed by atoms with van der Waals surface area (Å²) in [4.78, 5) is 15.7. The molecule has 1 aromatic heterocycles. The molecule has 0 aliphatic heterocycles. The maximum Gasteiger partial charge on any atom is 0.163 e. The maximum atomic E-state index is 11.5. The number of fused-ring (bicyclic) bond motifs is 1. The van der Waals surface area contributed by atoms with Crippen molar-refractivity contribution in [3.8, 4) is 5.69 Å². The Bertz CT molecular complexity index is 819. The van der Waals surface area contributed by atoms with Gasteiger partial charge in [-0.05, 0) is 44.0 Å². The quantitative estimate of drug-likeness (QED) is 0.671. The molecule has 0 spiro atoms. The van der Waals surface area contributed by atoms with Gasteiger partial charge in [-0.2, -0.15) is 0 Å². The van der Waals surface area contributed by atoms with Gasteiger partial charge in [-0.1, -0.05) is 35.9 Å². The van der Waals surface area contributed by atoms with Gasteiger partial charge in [0.1, 0.15) is 0 Å². The summed E-state index contributed by atoms with van der Waals surface area (Å²) in [5, 5.41) is 0. The smallest absolute Gasteiger partial charge is 0.163 e. The van der Waals surface area contributed by atoms with Crippen molar-refractivity contribution in [3.63, 3.8) is 0 Å². The molecule has 1 aliphatic carbocycles. The Balaban J connectivity index is 0.000000188. The van der Waals surface area contributed by atoms with Crippen LogP contribution < -0.4 is 0 Å². The van der Waals surface area contributed by atoms with Crippen LogP contribution in [-0.4, -0.2) is 15.3 Å². The first kappa shape index (κ1) is 15.2. The molecule has 0 saturated carbocycles. The molecule has 0 fully saturated rings. The minimum Gasteiger partial charge on any atom is -0.306 e. The highest BCUT2D eigenvalue weighted by Crippen LogP contribution is 2.24. The van der Waals surface area contributed by atoms with Crippen LogP contribution in [0.15, 0.2) is 61.1 Å². The van der Waals surface area contributed by atoms with Crippen molar-refractivity contribution in [2.45, 2.75) is 26.7 Å². The first-order valence-electron chi connectivity index (χ1n) is 7.82. The molecule has 0 bridgehead atoms. The number of benzene rings is 2. The van der Waals surface area contributed by atoms with Crippen molar-refractivity contribution in [1.29, 1.82) is 0 Å². The number of ketones is 1. The molecule has 0 N–H and O–H groups in total. The Kier molecular flexibility index (Phi) is 4.38. The Labute approximate surface area is 136 Å². The topological polar surface area (TPSA) is 34.9 Å². The van der Waals surface area contributed by atoms with Crippen LogP contribution in [0.1, 0.15) is 33.6 Å². The van der Waals surface area contributed by atoms with Crippen LogP contribution in [0.2, 0.25) is 0 Å². The molecule has 0 radical (unpaired) electrons. The minimum atomic E-state index is 0.267. The Hall–Kier alpha value is -2.68. The summed E-state index contributed by atoms with van der Waals surface area (Å²) in [6.45, 7) is 4.05. The molecule has 3 aromatic rings. The zero-order chi connectivity index (χ0) is 16.2. The van der Waals surface area contributed by atoms with Gasteiger partial charge in [0.25, 0.3) is 0 Å². The second kappa shape index (κ2) is 6.61. The van der Waals surface area contributed by atoms with E-state index in [-0.39, 0.29) is 5.78 Å². The van der Waals surface area contributed by atoms with Crippen molar-refractivity contribution in [2.24, 2.45) is 0 Å². The van der Waals surface area contributed by atoms with Crippen molar-refractivity contribution < 1.29 is 4.79 Å². The summed E-state index contributed by atoms with van der Waals surface area (Å²) in [5.74, 6) is 0.267. The molecule has 116 valence electrons. The van der Waals surface area contributed by atoms with Crippen LogP contribution in [0.4, 0.5) is 0 Å². The van der Waals surface area contributed by atoms with Crippen LogP contribution >= 0.6 is 0 Å². The lowest BCUT2D eigenvalue weighted by Gasteiger charge is -2.04. The first-order valence-corrected chi connectivity index (χ1v) is 7.82. The molecule has 0 unspecified atom stereocenters. The molecule has 1 heterocycles. The molecule has 3 nitrogen and oxygen atoms in total. The number of aryl methyl sites for hydroxylation is 3. The summed E-state index contributed by atoms with van der Waals surface area (Å²) in [5.41, 5.74) is 5.45. The molecular weight excluding hydrogens is 284 g/mol. The number of imidazole rings is 1. The monoisotopic (exact) mass is 304 g/mol. The molecule has 0 atom stereocenters. The third-order valence-electron chi connectivity index (χ3n) is 3.96. The van der Waals surface area contributed by atoms with E-state index in [2.05, 4.69) is 30.1 Å². The predicted molar refractivity (Wildman–Crippen MR) is 92.1 cm³/mol. The molecule has 2 aromatic carbocycles. The largest absolute Gasteiger partial charge is 0.306 e. The molecule has 4 rings (SSSR count). The normalized spacial score (nSPS) is 12.5. The first-order chi connectivity index (χ1) is 11.1. The van der Waals surface area contributed by atoms with Crippen molar-refractivity contribution in [1.82, 2.24) is 9.55 Å². The number of rotatable bonds is 1. The Morgan fingerprint density at radius 3 is 2.39 bits per heavy atom. The Morgan fingerprint density at radius 2 is 1.78 bits per heavy atom. The average Bonchev–Trinajstić information content (AvgIpc) is 3.15. The van der Waals surface area contributed by atoms with Gasteiger partial charge in [0.05, 0.1) is 12.0 Å². The maximum absolute atomic E-state index is 11.5. The highest BCUT2D eigenvalue weighted by molar-refractivity contribution is 6.00. The van der Waals surface area contributed by atoms with Gasteiger partial charge in [0.2, 0.25) is 0 Å². The van der Waals surface area contributed by atoms with Crippen LogP contribution in [-0.2, 0) is 6.42 Å². The lowest BCUT2D eigenvalue weighted by Crippen LogP contribution is -1.94. The number of hydrogen-bond acceptors (Lipinski definition) is 2. The summed E-state index contributed by atoms with van der Waals surface area (Å²) in [6, 6.07) is 16.2. The van der Waals surface area contributed by atoms with Crippen LogP contribution in [0.3, 0.4) is 0 Å². The number of aromatic nitrogens is 2. The van der Waals surface area contributed by atoms with E-state index in [9.17, 15) is 4.79 Å². The Morgan fingerprint density at radius 1 is 1.00 bits per heavy atom. The van der Waals surface area contributed by atoms with E-state index >= 15 is 0 Å². The van der Waals surface area contributed by atoms with Crippen molar-refractivity contribution in [2.75, 3.05) is 0 Å². The van der Waals surface area contributed by atoms with E-state index in [0.29, 0.717) is 6.42 Å². The van der Waals surface area contributed by atoms with Gasteiger partial charge in [0, 0.05) is 23.9 Å². The minimum absolute atomic E-state index is 0.267. The fraction of sp³-hybridized carbons (Fsp3) is 0.200. The average molecular weight is 304 g/mol. The number of Topliss-reactive ketones (excluding diaryl/α,β-unsaturated/α-hetero) is 1. The summed E-state index contributed by atoms with van der Waals surface area (Å²) < 4.78 is 1.98. The van der Waals surface area contributed by atoms with Crippen LogP contribution in [0.5, 0.6) is 0 Å². The zero-order valence-corrected chi connectivity index (χ0v) is 13.5. The summed E-state index contributed by atoms with van der Waals surface area (Å²) in [7, 11) is 0. The van der Waals surface area contributed by atoms with E-state index in [1.165, 1.54) is 5.56 Å². The van der Waals surface area contributed by atoms with E-state index in [4.69, 9.17) is 0 Å². The van der Waals surface area contributed by atoms with E-state index in [0.717, 1.165) is 28.9 Å². The lowest BCUT2D eigenvalue weighted by atomic mass is 10.1. The van der Waals surface area contributed by atoms with Crippen LogP contribution in [0.25, 0.3) is 5.69 Å². The fourth-order valence-electron chi connectivity index (χ4n) is 2.70. The van der Waals surface area contributed by atoms with E-state index < -0.39 is 0 Å². The van der Waals surface area contributed by atoms with E-state index in [1.807, 2.05) is 48.0 Å². The molecule has 0 saturated heterocycles. The zero-order valence-electron chi connectivity index (χ0n) is 13.5. The molecule has 3 heteroatoms. The third-order valence-corrected chi connectivity index (χ3v) is 3.96. The van der Waals surface area contributed by atoms with Gasteiger partial charge in [-0.3, -0.25) is 4.79 Å². The van der Waals surface area contributed by atoms with Crippen molar-refractivity contribution >= 4 is 5.78 Å². The number of carbonyl (C=O) groups excluding carboxylic acids is 1. The second-order valence-corrected chi connectivity index (χ2v) is 5.84. The van der Waals surface area contributed by atoms with Gasteiger partial charge in [-0.25, -0.2) is 4.98 Å². The fourth-order valence-corrected chi connectivity index (χ4v) is 2.70. The predicted octanol–water partition coefficient (Wildman–Crippen LogP) is 4.30. The van der Waals surface area contributed by atoms with Gasteiger partial charge >= 0.3 is 0 Å². The molecule has 0 amide bonds. The van der Waals surface area contributed by atoms with Gasteiger partial charge < -0.3 is 4.57 Å². The van der Waals surface area contributed by atoms with E-state index in [1.54, 1.807) is 6.33 Å². The number of carbonyl (C=O) groups is 1. The number of hydrogen-bond donors (Lipinski definition) is 0. The highest BCUT2D eigenvalue weighted by Gasteiger charge is 2.19. The molecule has 1 aliphatic rings. The van der Waals surface area contributed by atoms with Gasteiger partial charge in [0.15, 0.2) is 5.78 Å². The van der Waals surface area contributed by atoms with Crippen molar-refractivity contribution in [3.05, 3.63) is 83.4 Å². The summed E-state index contributed by atoms with van der Waals surface area (Å²) >= 11 is 0. The molecule has 23 heavy (non-hydrogen) atoms.